The average Bonchev–Trinajstić information content (AvgIpc) is 3.03. The van der Waals surface area contributed by atoms with Gasteiger partial charge in [0.2, 0.25) is 0 Å². The molecule has 1 amide bonds. The summed E-state index contributed by atoms with van der Waals surface area (Å²) in [6.07, 6.45) is 0.790. The Hall–Kier alpha value is -2.38. The third-order valence-corrected chi connectivity index (χ3v) is 5.62. The topological polar surface area (TPSA) is 92.5 Å². The first-order valence-electron chi connectivity index (χ1n) is 8.09. The Labute approximate surface area is 147 Å². The monoisotopic (exact) mass is 359 g/mol. The minimum absolute atomic E-state index is 0.0160. The Morgan fingerprint density at radius 3 is 2.32 bits per heavy atom. The lowest BCUT2D eigenvalue weighted by Gasteiger charge is -2.16. The van der Waals surface area contributed by atoms with Crippen LogP contribution in [-0.2, 0) is 10.0 Å². The molecular formula is C18H21N3O3S. The van der Waals surface area contributed by atoms with Crippen LogP contribution in [-0.4, -0.2) is 38.4 Å². The van der Waals surface area contributed by atoms with Gasteiger partial charge in [-0.25, -0.2) is 8.42 Å². The molecule has 1 fully saturated rings. The fraction of sp³-hybridized carbons (Fsp3) is 0.278. The van der Waals surface area contributed by atoms with Crippen molar-refractivity contribution in [3.05, 3.63) is 59.7 Å². The van der Waals surface area contributed by atoms with Crippen molar-refractivity contribution in [2.75, 3.05) is 17.8 Å². The number of anilines is 1. The van der Waals surface area contributed by atoms with Crippen LogP contribution >= 0.6 is 0 Å². The minimum atomic E-state index is -3.69. The van der Waals surface area contributed by atoms with Crippen LogP contribution in [0.4, 0.5) is 5.69 Å². The first-order chi connectivity index (χ1) is 11.8. The number of nitrogens with zero attached hydrogens (tertiary/aromatic N) is 1. The number of carbonyl (C=O) groups is 1. The molecule has 0 bridgehead atoms. The molecule has 1 heterocycles. The van der Waals surface area contributed by atoms with Crippen molar-refractivity contribution in [1.29, 1.82) is 0 Å². The molecular weight excluding hydrogens is 338 g/mol. The van der Waals surface area contributed by atoms with Gasteiger partial charge in [-0.1, -0.05) is 17.7 Å². The highest BCUT2D eigenvalue weighted by Crippen LogP contribution is 2.18. The van der Waals surface area contributed by atoms with Crippen molar-refractivity contribution < 1.29 is 13.2 Å². The number of rotatable bonds is 4. The van der Waals surface area contributed by atoms with Crippen LogP contribution in [0.5, 0.6) is 0 Å². The van der Waals surface area contributed by atoms with Gasteiger partial charge in [0.05, 0.1) is 4.90 Å². The van der Waals surface area contributed by atoms with Crippen molar-refractivity contribution >= 4 is 21.6 Å². The zero-order valence-corrected chi connectivity index (χ0v) is 14.8. The number of likely N-dealkylation sites (tertiary alicyclic amines) is 1. The molecule has 1 aliphatic rings. The standard InChI is InChI=1S/C18H21N3O3S/c1-13-2-6-16(7-3-13)20-25(23,24)17-8-4-14(5-9-17)18(22)21-11-10-15(19)12-21/h2-9,15,20H,10-12,19H2,1H3/t15-/m1/s1. The molecule has 0 spiro atoms. The lowest BCUT2D eigenvalue weighted by Crippen LogP contribution is -2.31. The maximum atomic E-state index is 12.4. The third-order valence-electron chi connectivity index (χ3n) is 4.23. The highest BCUT2D eigenvalue weighted by atomic mass is 32.2. The van der Waals surface area contributed by atoms with Gasteiger partial charge in [0.25, 0.3) is 15.9 Å². The smallest absolute Gasteiger partial charge is 0.261 e. The minimum Gasteiger partial charge on any atom is -0.337 e. The molecule has 0 aliphatic carbocycles. The van der Waals surface area contributed by atoms with Gasteiger partial charge in [0, 0.05) is 30.4 Å². The quantitative estimate of drug-likeness (QED) is 0.873. The second-order valence-corrected chi connectivity index (χ2v) is 7.98. The summed E-state index contributed by atoms with van der Waals surface area (Å²) in [7, 11) is -3.69. The molecule has 6 nitrogen and oxygen atoms in total. The molecule has 1 saturated heterocycles. The van der Waals surface area contributed by atoms with Gasteiger partial charge in [-0.15, -0.1) is 0 Å². The van der Waals surface area contributed by atoms with Crippen molar-refractivity contribution in [1.82, 2.24) is 4.90 Å². The van der Waals surface area contributed by atoms with Crippen molar-refractivity contribution in [2.24, 2.45) is 5.73 Å². The van der Waals surface area contributed by atoms with Gasteiger partial charge in [0.15, 0.2) is 0 Å². The zero-order chi connectivity index (χ0) is 18.0. The highest BCUT2D eigenvalue weighted by molar-refractivity contribution is 7.92. The molecule has 0 unspecified atom stereocenters. The largest absolute Gasteiger partial charge is 0.337 e. The summed E-state index contributed by atoms with van der Waals surface area (Å²) in [6.45, 7) is 3.10. The molecule has 0 radical (unpaired) electrons. The molecule has 2 aromatic carbocycles. The molecule has 3 rings (SSSR count). The number of hydrogen-bond acceptors (Lipinski definition) is 4. The summed E-state index contributed by atoms with van der Waals surface area (Å²) in [6, 6.07) is 13.1. The van der Waals surface area contributed by atoms with Crippen LogP contribution in [0, 0.1) is 6.92 Å². The van der Waals surface area contributed by atoms with Crippen LogP contribution in [0.25, 0.3) is 0 Å². The summed E-state index contributed by atoms with van der Waals surface area (Å²) < 4.78 is 27.4. The fourth-order valence-electron chi connectivity index (χ4n) is 2.77. The second-order valence-electron chi connectivity index (χ2n) is 6.30. The number of aryl methyl sites for hydroxylation is 1. The van der Waals surface area contributed by atoms with Gasteiger partial charge < -0.3 is 10.6 Å². The summed E-state index contributed by atoms with van der Waals surface area (Å²) in [5.41, 5.74) is 7.83. The van der Waals surface area contributed by atoms with Crippen molar-refractivity contribution in [3.63, 3.8) is 0 Å². The number of hydrogen-bond donors (Lipinski definition) is 2. The van der Waals surface area contributed by atoms with E-state index in [1.807, 2.05) is 19.1 Å². The molecule has 2 aromatic rings. The Bertz CT molecular complexity index is 861. The maximum Gasteiger partial charge on any atom is 0.261 e. The number of sulfonamides is 1. The summed E-state index contributed by atoms with van der Waals surface area (Å²) in [4.78, 5) is 14.2. The van der Waals surface area contributed by atoms with E-state index in [-0.39, 0.29) is 16.8 Å². The SMILES string of the molecule is Cc1ccc(NS(=O)(=O)c2ccc(C(=O)N3CC[C@@H](N)C3)cc2)cc1. The number of benzene rings is 2. The van der Waals surface area contributed by atoms with E-state index in [0.717, 1.165) is 12.0 Å². The normalized spacial score (nSPS) is 17.5. The van der Waals surface area contributed by atoms with Gasteiger partial charge in [-0.05, 0) is 49.7 Å². The molecule has 1 aliphatic heterocycles. The molecule has 0 saturated carbocycles. The van der Waals surface area contributed by atoms with Gasteiger partial charge in [0.1, 0.15) is 0 Å². The van der Waals surface area contributed by atoms with Crippen LogP contribution in [0.15, 0.2) is 53.4 Å². The van der Waals surface area contributed by atoms with E-state index in [1.165, 1.54) is 24.3 Å². The van der Waals surface area contributed by atoms with Crippen LogP contribution in [0.2, 0.25) is 0 Å². The van der Waals surface area contributed by atoms with Crippen LogP contribution < -0.4 is 10.5 Å². The van der Waals surface area contributed by atoms with E-state index in [1.54, 1.807) is 17.0 Å². The van der Waals surface area contributed by atoms with Crippen LogP contribution in [0.1, 0.15) is 22.3 Å². The predicted octanol–water partition coefficient (Wildman–Crippen LogP) is 1.97. The molecule has 3 N–H and O–H groups in total. The Kier molecular flexibility index (Phi) is 4.78. The Morgan fingerprint density at radius 1 is 1.12 bits per heavy atom. The fourth-order valence-corrected chi connectivity index (χ4v) is 3.83. The molecule has 0 aromatic heterocycles. The van der Waals surface area contributed by atoms with E-state index < -0.39 is 10.0 Å². The van der Waals surface area contributed by atoms with E-state index in [9.17, 15) is 13.2 Å². The van der Waals surface area contributed by atoms with Gasteiger partial charge in [-0.3, -0.25) is 9.52 Å². The Morgan fingerprint density at radius 2 is 1.76 bits per heavy atom. The second kappa shape index (κ2) is 6.85. The third kappa shape index (κ3) is 4.00. The molecule has 7 heteroatoms. The summed E-state index contributed by atoms with van der Waals surface area (Å²) in [5, 5.41) is 0. The predicted molar refractivity (Wildman–Crippen MR) is 96.9 cm³/mol. The Balaban J connectivity index is 1.74. The molecule has 1 atom stereocenters. The number of amides is 1. The van der Waals surface area contributed by atoms with Crippen molar-refractivity contribution in [3.8, 4) is 0 Å². The average molecular weight is 359 g/mol. The van der Waals surface area contributed by atoms with E-state index in [4.69, 9.17) is 5.73 Å². The summed E-state index contributed by atoms with van der Waals surface area (Å²) in [5.74, 6) is -0.122. The number of carbonyl (C=O) groups excluding carboxylic acids is 1. The van der Waals surface area contributed by atoms with Crippen molar-refractivity contribution in [2.45, 2.75) is 24.3 Å². The van der Waals surface area contributed by atoms with E-state index in [0.29, 0.717) is 24.3 Å². The zero-order valence-electron chi connectivity index (χ0n) is 14.0. The number of nitrogens with one attached hydrogen (secondary N) is 1. The first kappa shape index (κ1) is 17.4. The van der Waals surface area contributed by atoms with Crippen LogP contribution in [0.3, 0.4) is 0 Å². The maximum absolute atomic E-state index is 12.4. The molecule has 132 valence electrons. The van der Waals surface area contributed by atoms with E-state index >= 15 is 0 Å². The first-order valence-corrected chi connectivity index (χ1v) is 9.58. The lowest BCUT2D eigenvalue weighted by atomic mass is 10.2. The molecule has 25 heavy (non-hydrogen) atoms. The highest BCUT2D eigenvalue weighted by Gasteiger charge is 2.25. The van der Waals surface area contributed by atoms with E-state index in [2.05, 4.69) is 4.72 Å². The number of nitrogens with two attached hydrogens (primary N) is 1. The van der Waals surface area contributed by atoms with Gasteiger partial charge >= 0.3 is 0 Å². The van der Waals surface area contributed by atoms with Gasteiger partial charge in [-0.2, -0.15) is 0 Å². The lowest BCUT2D eigenvalue weighted by molar-refractivity contribution is 0.0791. The summed E-state index contributed by atoms with van der Waals surface area (Å²) >= 11 is 0.